The minimum atomic E-state index is 0.500. The molecule has 0 saturated heterocycles. The SMILES string of the molecule is CF.NCCc1c[nH]c2ccccc12. The molecule has 0 aliphatic carbocycles. The third-order valence-corrected chi connectivity index (χ3v) is 2.09. The van der Waals surface area contributed by atoms with Crippen LogP contribution in [-0.2, 0) is 6.42 Å². The highest BCUT2D eigenvalue weighted by atomic mass is 19.1. The van der Waals surface area contributed by atoms with Gasteiger partial charge in [-0.2, -0.15) is 0 Å². The van der Waals surface area contributed by atoms with Gasteiger partial charge in [0, 0.05) is 17.1 Å². The molecule has 14 heavy (non-hydrogen) atoms. The molecule has 2 rings (SSSR count). The summed E-state index contributed by atoms with van der Waals surface area (Å²) in [6.45, 7) is 0.710. The number of hydrogen-bond donors (Lipinski definition) is 2. The Morgan fingerprint density at radius 1 is 1.29 bits per heavy atom. The van der Waals surface area contributed by atoms with Crippen molar-refractivity contribution in [3.8, 4) is 0 Å². The van der Waals surface area contributed by atoms with E-state index in [0.29, 0.717) is 13.7 Å². The van der Waals surface area contributed by atoms with Crippen LogP contribution in [0.1, 0.15) is 5.56 Å². The van der Waals surface area contributed by atoms with E-state index in [2.05, 4.69) is 23.2 Å². The molecule has 0 atom stereocenters. The van der Waals surface area contributed by atoms with E-state index in [4.69, 9.17) is 5.73 Å². The van der Waals surface area contributed by atoms with Gasteiger partial charge in [-0.3, -0.25) is 4.39 Å². The maximum atomic E-state index is 9.50. The molecular formula is C11H15FN2. The van der Waals surface area contributed by atoms with E-state index in [9.17, 15) is 4.39 Å². The van der Waals surface area contributed by atoms with E-state index in [1.165, 1.54) is 16.5 Å². The topological polar surface area (TPSA) is 41.8 Å². The molecule has 1 aromatic heterocycles. The van der Waals surface area contributed by atoms with Crippen LogP contribution in [0.25, 0.3) is 10.9 Å². The third kappa shape index (κ3) is 2.12. The summed E-state index contributed by atoms with van der Waals surface area (Å²) in [6, 6.07) is 8.29. The maximum Gasteiger partial charge on any atom is 0.0785 e. The molecule has 0 fully saturated rings. The highest BCUT2D eigenvalue weighted by molar-refractivity contribution is 5.82. The van der Waals surface area contributed by atoms with Crippen molar-refractivity contribution in [2.45, 2.75) is 6.42 Å². The second kappa shape index (κ2) is 5.40. The molecular weight excluding hydrogens is 179 g/mol. The second-order valence-electron chi connectivity index (χ2n) is 2.90. The fraction of sp³-hybridized carbons (Fsp3) is 0.273. The van der Waals surface area contributed by atoms with Crippen LogP contribution in [0.2, 0.25) is 0 Å². The van der Waals surface area contributed by atoms with E-state index in [1.54, 1.807) is 0 Å². The quantitative estimate of drug-likeness (QED) is 0.756. The van der Waals surface area contributed by atoms with Crippen molar-refractivity contribution in [3.63, 3.8) is 0 Å². The van der Waals surface area contributed by atoms with Crippen molar-refractivity contribution >= 4 is 10.9 Å². The number of aromatic amines is 1. The van der Waals surface area contributed by atoms with E-state index < -0.39 is 0 Å². The normalized spacial score (nSPS) is 9.64. The van der Waals surface area contributed by atoms with Crippen molar-refractivity contribution in [1.29, 1.82) is 0 Å². The van der Waals surface area contributed by atoms with Gasteiger partial charge in [-0.05, 0) is 24.6 Å². The van der Waals surface area contributed by atoms with E-state index in [0.717, 1.165) is 6.42 Å². The number of H-pyrrole nitrogens is 1. The van der Waals surface area contributed by atoms with Gasteiger partial charge in [-0.15, -0.1) is 0 Å². The first kappa shape index (κ1) is 10.7. The van der Waals surface area contributed by atoms with Crippen molar-refractivity contribution < 1.29 is 4.39 Å². The second-order valence-corrected chi connectivity index (χ2v) is 2.90. The first-order valence-electron chi connectivity index (χ1n) is 4.54. The van der Waals surface area contributed by atoms with Gasteiger partial charge in [0.25, 0.3) is 0 Å². The average molecular weight is 194 g/mol. The van der Waals surface area contributed by atoms with E-state index >= 15 is 0 Å². The zero-order valence-corrected chi connectivity index (χ0v) is 8.26. The molecule has 0 unspecified atom stereocenters. The molecule has 76 valence electrons. The molecule has 2 aromatic rings. The van der Waals surface area contributed by atoms with Crippen molar-refractivity contribution in [2.24, 2.45) is 5.73 Å². The lowest BCUT2D eigenvalue weighted by Gasteiger charge is -1.93. The van der Waals surface area contributed by atoms with Gasteiger partial charge in [0.2, 0.25) is 0 Å². The summed E-state index contributed by atoms with van der Waals surface area (Å²) in [6.07, 6.45) is 2.99. The molecule has 1 aromatic carbocycles. The van der Waals surface area contributed by atoms with Crippen LogP contribution in [0.5, 0.6) is 0 Å². The van der Waals surface area contributed by atoms with Crippen molar-refractivity contribution in [2.75, 3.05) is 13.7 Å². The molecule has 0 radical (unpaired) electrons. The van der Waals surface area contributed by atoms with Gasteiger partial charge < -0.3 is 10.7 Å². The number of para-hydroxylation sites is 1. The number of fused-ring (bicyclic) bond motifs is 1. The number of alkyl halides is 1. The summed E-state index contributed by atoms with van der Waals surface area (Å²) in [5.74, 6) is 0. The highest BCUT2D eigenvalue weighted by Crippen LogP contribution is 2.17. The lowest BCUT2D eigenvalue weighted by Crippen LogP contribution is -2.01. The number of nitrogens with one attached hydrogen (secondary N) is 1. The van der Waals surface area contributed by atoms with Crippen LogP contribution >= 0.6 is 0 Å². The van der Waals surface area contributed by atoms with Gasteiger partial charge in [-0.1, -0.05) is 18.2 Å². The highest BCUT2D eigenvalue weighted by Gasteiger charge is 1.99. The molecule has 0 amide bonds. The van der Waals surface area contributed by atoms with Crippen LogP contribution in [0.3, 0.4) is 0 Å². The fourth-order valence-corrected chi connectivity index (χ4v) is 1.49. The Kier molecular flexibility index (Phi) is 4.13. The molecule has 0 saturated carbocycles. The molecule has 3 N–H and O–H groups in total. The number of nitrogens with two attached hydrogens (primary N) is 1. The standard InChI is InChI=1S/C10H12N2.CH3F/c11-6-5-8-7-12-10-4-2-1-3-9(8)10;1-2/h1-4,7,12H,5-6,11H2;1H3. The third-order valence-electron chi connectivity index (χ3n) is 2.09. The number of halogens is 1. The lowest BCUT2D eigenvalue weighted by atomic mass is 10.1. The van der Waals surface area contributed by atoms with Crippen molar-refractivity contribution in [1.82, 2.24) is 4.98 Å². The number of hydrogen-bond acceptors (Lipinski definition) is 1. The Morgan fingerprint density at radius 2 is 2.00 bits per heavy atom. The largest absolute Gasteiger partial charge is 0.361 e. The number of benzene rings is 1. The van der Waals surface area contributed by atoms with E-state index in [1.807, 2.05) is 12.3 Å². The Morgan fingerprint density at radius 3 is 2.71 bits per heavy atom. The monoisotopic (exact) mass is 194 g/mol. The Hall–Kier alpha value is -1.35. The Labute approximate surface area is 82.9 Å². The number of aromatic nitrogens is 1. The minimum Gasteiger partial charge on any atom is -0.361 e. The summed E-state index contributed by atoms with van der Waals surface area (Å²) >= 11 is 0. The molecule has 0 spiro atoms. The van der Waals surface area contributed by atoms with Crippen LogP contribution in [-0.4, -0.2) is 18.7 Å². The summed E-state index contributed by atoms with van der Waals surface area (Å²) in [5.41, 5.74) is 8.01. The molecule has 0 aliphatic heterocycles. The smallest absolute Gasteiger partial charge is 0.0785 e. The molecule has 1 heterocycles. The summed E-state index contributed by atoms with van der Waals surface area (Å²) < 4.78 is 9.50. The predicted octanol–water partition coefficient (Wildman–Crippen LogP) is 2.25. The summed E-state index contributed by atoms with van der Waals surface area (Å²) in [4.78, 5) is 3.22. The number of rotatable bonds is 2. The molecule has 3 heteroatoms. The molecule has 0 bridgehead atoms. The van der Waals surface area contributed by atoms with Gasteiger partial charge in [-0.25, -0.2) is 0 Å². The van der Waals surface area contributed by atoms with Crippen LogP contribution in [0.4, 0.5) is 4.39 Å². The lowest BCUT2D eigenvalue weighted by molar-refractivity contribution is 0.636. The van der Waals surface area contributed by atoms with Gasteiger partial charge >= 0.3 is 0 Å². The average Bonchev–Trinajstić information content (AvgIpc) is 2.66. The zero-order valence-electron chi connectivity index (χ0n) is 8.26. The molecule has 2 nitrogen and oxygen atoms in total. The van der Waals surface area contributed by atoms with Crippen molar-refractivity contribution in [3.05, 3.63) is 36.0 Å². The zero-order chi connectivity index (χ0) is 10.4. The maximum absolute atomic E-state index is 9.50. The van der Waals surface area contributed by atoms with Gasteiger partial charge in [0.15, 0.2) is 0 Å². The summed E-state index contributed by atoms with van der Waals surface area (Å²) in [7, 11) is 0.500. The first-order valence-corrected chi connectivity index (χ1v) is 4.54. The molecule has 0 aliphatic rings. The minimum absolute atomic E-state index is 0.500. The Balaban J connectivity index is 0.000000461. The van der Waals surface area contributed by atoms with Crippen LogP contribution < -0.4 is 5.73 Å². The van der Waals surface area contributed by atoms with E-state index in [-0.39, 0.29) is 0 Å². The van der Waals surface area contributed by atoms with Gasteiger partial charge in [0.05, 0.1) is 7.18 Å². The van der Waals surface area contributed by atoms with Gasteiger partial charge in [0.1, 0.15) is 0 Å². The van der Waals surface area contributed by atoms with Crippen LogP contribution in [0.15, 0.2) is 30.5 Å². The first-order chi connectivity index (χ1) is 6.92. The Bertz CT molecular complexity index is 381. The fourth-order valence-electron chi connectivity index (χ4n) is 1.49. The van der Waals surface area contributed by atoms with Crippen LogP contribution in [0, 0.1) is 0 Å². The summed E-state index contributed by atoms with van der Waals surface area (Å²) in [5, 5.41) is 1.29. The predicted molar refractivity (Wildman–Crippen MR) is 58.1 cm³/mol.